The van der Waals surface area contributed by atoms with Gasteiger partial charge in [0.25, 0.3) is 5.91 Å². The molecular formula is C17H16BrNO4. The molecule has 0 radical (unpaired) electrons. The predicted molar refractivity (Wildman–Crippen MR) is 90.3 cm³/mol. The highest BCUT2D eigenvalue weighted by molar-refractivity contribution is 9.10. The second-order valence-electron chi connectivity index (χ2n) is 4.73. The fraction of sp³-hybridized carbons (Fsp3) is 0.176. The van der Waals surface area contributed by atoms with Crippen molar-refractivity contribution in [1.29, 1.82) is 0 Å². The molecule has 0 bridgehead atoms. The third-order valence-corrected chi connectivity index (χ3v) is 3.42. The van der Waals surface area contributed by atoms with Crippen LogP contribution in [0.4, 0.5) is 5.69 Å². The van der Waals surface area contributed by atoms with Gasteiger partial charge in [-0.25, -0.2) is 4.79 Å². The molecule has 6 heteroatoms. The summed E-state index contributed by atoms with van der Waals surface area (Å²) in [5.41, 5.74) is 0.627. The smallest absolute Gasteiger partial charge is 0.344 e. The van der Waals surface area contributed by atoms with Gasteiger partial charge in [0, 0.05) is 10.2 Å². The van der Waals surface area contributed by atoms with Gasteiger partial charge in [-0.3, -0.25) is 4.79 Å². The van der Waals surface area contributed by atoms with E-state index in [-0.39, 0.29) is 6.61 Å². The molecule has 0 aromatic heterocycles. The highest BCUT2D eigenvalue weighted by atomic mass is 79.9. The molecule has 2 rings (SSSR count). The maximum atomic E-state index is 12.0. The molecule has 0 saturated heterocycles. The number of amides is 1. The first-order chi connectivity index (χ1) is 11.0. The molecule has 0 unspecified atom stereocenters. The minimum Gasteiger partial charge on any atom is -0.482 e. The van der Waals surface area contributed by atoms with Crippen molar-refractivity contribution in [2.45, 2.75) is 13.0 Å². The lowest BCUT2D eigenvalue weighted by molar-refractivity contribution is -0.155. The average molecular weight is 378 g/mol. The van der Waals surface area contributed by atoms with Crippen molar-refractivity contribution in [2.24, 2.45) is 0 Å². The van der Waals surface area contributed by atoms with Crippen molar-refractivity contribution < 1.29 is 19.1 Å². The van der Waals surface area contributed by atoms with Crippen LogP contribution in [0, 0.1) is 0 Å². The summed E-state index contributed by atoms with van der Waals surface area (Å²) >= 11 is 3.31. The Morgan fingerprint density at radius 3 is 2.39 bits per heavy atom. The zero-order valence-corrected chi connectivity index (χ0v) is 14.1. The lowest BCUT2D eigenvalue weighted by Gasteiger charge is -2.14. The van der Waals surface area contributed by atoms with E-state index >= 15 is 0 Å². The number of anilines is 1. The lowest BCUT2D eigenvalue weighted by Crippen LogP contribution is -2.31. The van der Waals surface area contributed by atoms with E-state index in [1.54, 1.807) is 48.5 Å². The van der Waals surface area contributed by atoms with Gasteiger partial charge in [0.1, 0.15) is 5.75 Å². The van der Waals surface area contributed by atoms with Gasteiger partial charge in [0.2, 0.25) is 0 Å². The van der Waals surface area contributed by atoms with Gasteiger partial charge < -0.3 is 14.8 Å². The van der Waals surface area contributed by atoms with Crippen LogP contribution in [0.15, 0.2) is 59.1 Å². The molecule has 0 aliphatic heterocycles. The molecule has 2 aromatic carbocycles. The summed E-state index contributed by atoms with van der Waals surface area (Å²) in [6.45, 7) is 1.26. The van der Waals surface area contributed by atoms with Crippen LogP contribution in [0.2, 0.25) is 0 Å². The van der Waals surface area contributed by atoms with Crippen LogP contribution in [0.3, 0.4) is 0 Å². The van der Waals surface area contributed by atoms with Crippen molar-refractivity contribution in [2.75, 3.05) is 11.9 Å². The van der Waals surface area contributed by atoms with E-state index in [1.165, 1.54) is 6.92 Å². The minimum absolute atomic E-state index is 0.250. The van der Waals surface area contributed by atoms with Gasteiger partial charge in [-0.05, 0) is 43.3 Å². The Bertz CT molecular complexity index is 658. The van der Waals surface area contributed by atoms with Crippen molar-refractivity contribution >= 4 is 33.5 Å². The standard InChI is InChI=1S/C17H16BrNO4/c1-12(17(21)19-14-9-7-13(18)8-10-14)23-16(20)11-22-15-5-3-2-4-6-15/h2-10,12H,11H2,1H3,(H,19,21)/t12-/m1/s1. The van der Waals surface area contributed by atoms with Crippen LogP contribution < -0.4 is 10.1 Å². The fourth-order valence-electron chi connectivity index (χ4n) is 1.72. The number of para-hydroxylation sites is 1. The Kier molecular flexibility index (Phi) is 6.17. The Hall–Kier alpha value is -2.34. The number of halogens is 1. The number of hydrogen-bond acceptors (Lipinski definition) is 4. The van der Waals surface area contributed by atoms with E-state index in [1.807, 2.05) is 6.07 Å². The number of benzene rings is 2. The topological polar surface area (TPSA) is 64.6 Å². The quantitative estimate of drug-likeness (QED) is 0.783. The molecular weight excluding hydrogens is 362 g/mol. The minimum atomic E-state index is -0.912. The number of ether oxygens (including phenoxy) is 2. The zero-order valence-electron chi connectivity index (χ0n) is 12.5. The summed E-state index contributed by atoms with van der Waals surface area (Å²) in [6, 6.07) is 16.0. The second-order valence-corrected chi connectivity index (χ2v) is 5.65. The maximum Gasteiger partial charge on any atom is 0.344 e. The Labute approximate surface area is 142 Å². The Morgan fingerprint density at radius 2 is 1.74 bits per heavy atom. The Morgan fingerprint density at radius 1 is 1.09 bits per heavy atom. The van der Waals surface area contributed by atoms with Gasteiger partial charge >= 0.3 is 5.97 Å². The molecule has 23 heavy (non-hydrogen) atoms. The van der Waals surface area contributed by atoms with Crippen LogP contribution >= 0.6 is 15.9 Å². The molecule has 1 N–H and O–H groups in total. The molecule has 0 spiro atoms. The molecule has 0 aliphatic carbocycles. The van der Waals surface area contributed by atoms with Gasteiger partial charge in [0.15, 0.2) is 12.7 Å². The maximum absolute atomic E-state index is 12.0. The molecule has 1 amide bonds. The summed E-state index contributed by atoms with van der Waals surface area (Å²) in [4.78, 5) is 23.7. The molecule has 5 nitrogen and oxygen atoms in total. The van der Waals surface area contributed by atoms with E-state index in [0.717, 1.165) is 4.47 Å². The summed E-state index contributed by atoms with van der Waals surface area (Å²) < 4.78 is 11.2. The first kappa shape index (κ1) is 17.0. The van der Waals surface area contributed by atoms with Crippen LogP contribution in [0.5, 0.6) is 5.75 Å². The zero-order chi connectivity index (χ0) is 16.7. The average Bonchev–Trinajstić information content (AvgIpc) is 2.56. The van der Waals surface area contributed by atoms with E-state index < -0.39 is 18.0 Å². The fourth-order valence-corrected chi connectivity index (χ4v) is 1.99. The lowest BCUT2D eigenvalue weighted by atomic mass is 10.3. The SMILES string of the molecule is C[C@@H](OC(=O)COc1ccccc1)C(=O)Nc1ccc(Br)cc1. The first-order valence-corrected chi connectivity index (χ1v) is 7.77. The van der Waals surface area contributed by atoms with Crippen LogP contribution in [0.25, 0.3) is 0 Å². The van der Waals surface area contributed by atoms with Gasteiger partial charge in [-0.15, -0.1) is 0 Å². The van der Waals surface area contributed by atoms with E-state index in [0.29, 0.717) is 11.4 Å². The molecule has 0 fully saturated rings. The molecule has 120 valence electrons. The van der Waals surface area contributed by atoms with Crippen molar-refractivity contribution in [3.05, 3.63) is 59.1 Å². The van der Waals surface area contributed by atoms with E-state index in [9.17, 15) is 9.59 Å². The third-order valence-electron chi connectivity index (χ3n) is 2.89. The highest BCUT2D eigenvalue weighted by Gasteiger charge is 2.18. The van der Waals surface area contributed by atoms with Gasteiger partial charge in [-0.1, -0.05) is 34.1 Å². The van der Waals surface area contributed by atoms with Crippen molar-refractivity contribution in [1.82, 2.24) is 0 Å². The molecule has 1 atom stereocenters. The number of hydrogen-bond donors (Lipinski definition) is 1. The van der Waals surface area contributed by atoms with Gasteiger partial charge in [0.05, 0.1) is 0 Å². The number of rotatable bonds is 6. The second kappa shape index (κ2) is 8.33. The number of carbonyl (C=O) groups is 2. The molecule has 0 aliphatic rings. The first-order valence-electron chi connectivity index (χ1n) is 6.98. The number of nitrogens with one attached hydrogen (secondary N) is 1. The summed E-state index contributed by atoms with van der Waals surface area (Å²) in [5.74, 6) is -0.441. The van der Waals surface area contributed by atoms with Crippen LogP contribution in [0.1, 0.15) is 6.92 Å². The largest absolute Gasteiger partial charge is 0.482 e. The van der Waals surface area contributed by atoms with E-state index in [2.05, 4.69) is 21.2 Å². The van der Waals surface area contributed by atoms with Crippen molar-refractivity contribution in [3.63, 3.8) is 0 Å². The third kappa shape index (κ3) is 5.75. The predicted octanol–water partition coefficient (Wildman–Crippen LogP) is 3.40. The van der Waals surface area contributed by atoms with Crippen LogP contribution in [-0.4, -0.2) is 24.6 Å². The number of esters is 1. The molecule has 0 heterocycles. The van der Waals surface area contributed by atoms with Crippen LogP contribution in [-0.2, 0) is 14.3 Å². The Balaban J connectivity index is 1.78. The van der Waals surface area contributed by atoms with Gasteiger partial charge in [-0.2, -0.15) is 0 Å². The van der Waals surface area contributed by atoms with Crippen molar-refractivity contribution in [3.8, 4) is 5.75 Å². The highest BCUT2D eigenvalue weighted by Crippen LogP contribution is 2.14. The summed E-state index contributed by atoms with van der Waals surface area (Å²) in [5, 5.41) is 2.67. The molecule has 2 aromatic rings. The summed E-state index contributed by atoms with van der Waals surface area (Å²) in [6.07, 6.45) is -0.912. The van der Waals surface area contributed by atoms with E-state index in [4.69, 9.17) is 9.47 Å². The monoisotopic (exact) mass is 377 g/mol. The normalized spacial score (nSPS) is 11.4. The summed E-state index contributed by atoms with van der Waals surface area (Å²) in [7, 11) is 0. The molecule has 0 saturated carbocycles. The number of carbonyl (C=O) groups excluding carboxylic acids is 2.